The highest BCUT2D eigenvalue weighted by atomic mass is 35.5. The van der Waals surface area contributed by atoms with E-state index in [2.05, 4.69) is 51.2 Å². The summed E-state index contributed by atoms with van der Waals surface area (Å²) in [4.78, 5) is 7.34. The van der Waals surface area contributed by atoms with E-state index in [4.69, 9.17) is 16.6 Å². The van der Waals surface area contributed by atoms with Crippen LogP contribution in [0.3, 0.4) is 0 Å². The fraction of sp³-hybridized carbons (Fsp3) is 0.316. The number of nitrogens with zero attached hydrogens (tertiary/aromatic N) is 3. The molecule has 4 rings (SSSR count). The summed E-state index contributed by atoms with van der Waals surface area (Å²) in [6.45, 7) is 5.93. The average Bonchev–Trinajstić information content (AvgIpc) is 2.93. The molecule has 0 saturated carbocycles. The van der Waals surface area contributed by atoms with Crippen molar-refractivity contribution in [3.8, 4) is 0 Å². The molecular formula is C19H21ClN4. The molecule has 0 bridgehead atoms. The van der Waals surface area contributed by atoms with Crippen LogP contribution in [0.25, 0.3) is 11.0 Å². The minimum Gasteiger partial charge on any atom is -0.322 e. The molecule has 0 aliphatic carbocycles. The normalized spacial score (nSPS) is 15.9. The number of hydrogen-bond acceptors (Lipinski definition) is 3. The SMILES string of the molecule is Clc1ccc2c(c1)nc(CN1CCNCC1)n2Cc1ccccc1. The van der Waals surface area contributed by atoms with Crippen molar-refractivity contribution >= 4 is 22.6 Å². The first kappa shape index (κ1) is 15.6. The Morgan fingerprint density at radius 3 is 2.58 bits per heavy atom. The van der Waals surface area contributed by atoms with Gasteiger partial charge in [-0.3, -0.25) is 4.90 Å². The predicted octanol–water partition coefficient (Wildman–Crippen LogP) is 3.14. The van der Waals surface area contributed by atoms with Gasteiger partial charge in [-0.05, 0) is 23.8 Å². The Bertz CT molecular complexity index is 822. The van der Waals surface area contributed by atoms with Gasteiger partial charge in [0.25, 0.3) is 0 Å². The summed E-state index contributed by atoms with van der Waals surface area (Å²) in [7, 11) is 0. The molecule has 1 N–H and O–H groups in total. The average molecular weight is 341 g/mol. The molecule has 4 nitrogen and oxygen atoms in total. The van der Waals surface area contributed by atoms with Crippen molar-refractivity contribution in [1.82, 2.24) is 19.8 Å². The smallest absolute Gasteiger partial charge is 0.124 e. The van der Waals surface area contributed by atoms with E-state index in [9.17, 15) is 0 Å². The molecule has 1 saturated heterocycles. The van der Waals surface area contributed by atoms with Gasteiger partial charge in [-0.15, -0.1) is 0 Å². The molecule has 1 fully saturated rings. The van der Waals surface area contributed by atoms with E-state index in [1.54, 1.807) is 0 Å². The first-order chi connectivity index (χ1) is 11.8. The maximum Gasteiger partial charge on any atom is 0.124 e. The van der Waals surface area contributed by atoms with Crippen molar-refractivity contribution in [3.05, 3.63) is 64.9 Å². The van der Waals surface area contributed by atoms with Gasteiger partial charge in [-0.2, -0.15) is 0 Å². The van der Waals surface area contributed by atoms with Crippen LogP contribution >= 0.6 is 11.6 Å². The minimum atomic E-state index is 0.737. The first-order valence-corrected chi connectivity index (χ1v) is 8.79. The van der Waals surface area contributed by atoms with E-state index < -0.39 is 0 Å². The Labute approximate surface area is 147 Å². The Morgan fingerprint density at radius 2 is 1.79 bits per heavy atom. The van der Waals surface area contributed by atoms with Gasteiger partial charge in [-0.1, -0.05) is 41.9 Å². The molecule has 1 aromatic heterocycles. The largest absolute Gasteiger partial charge is 0.322 e. The van der Waals surface area contributed by atoms with E-state index in [0.29, 0.717) is 0 Å². The lowest BCUT2D eigenvalue weighted by Gasteiger charge is -2.27. The summed E-state index contributed by atoms with van der Waals surface area (Å²) < 4.78 is 2.32. The molecule has 0 spiro atoms. The highest BCUT2D eigenvalue weighted by molar-refractivity contribution is 6.31. The van der Waals surface area contributed by atoms with Crippen molar-refractivity contribution in [1.29, 1.82) is 0 Å². The lowest BCUT2D eigenvalue weighted by Crippen LogP contribution is -2.43. The molecule has 0 radical (unpaired) electrons. The first-order valence-electron chi connectivity index (χ1n) is 8.41. The third-order valence-electron chi connectivity index (χ3n) is 4.55. The summed E-state index contributed by atoms with van der Waals surface area (Å²) in [6, 6.07) is 16.5. The topological polar surface area (TPSA) is 33.1 Å². The van der Waals surface area contributed by atoms with E-state index >= 15 is 0 Å². The van der Waals surface area contributed by atoms with Crippen LogP contribution in [-0.2, 0) is 13.1 Å². The van der Waals surface area contributed by atoms with Crippen LogP contribution in [0.15, 0.2) is 48.5 Å². The van der Waals surface area contributed by atoms with E-state index in [1.165, 1.54) is 5.56 Å². The number of fused-ring (bicyclic) bond motifs is 1. The molecule has 2 heterocycles. The third kappa shape index (κ3) is 3.31. The molecule has 124 valence electrons. The summed E-state index contributed by atoms with van der Waals surface area (Å²) >= 11 is 6.16. The van der Waals surface area contributed by atoms with E-state index in [-0.39, 0.29) is 0 Å². The molecular weight excluding hydrogens is 320 g/mol. The van der Waals surface area contributed by atoms with Gasteiger partial charge in [0.15, 0.2) is 0 Å². The van der Waals surface area contributed by atoms with E-state index in [0.717, 1.165) is 61.1 Å². The second kappa shape index (κ2) is 6.93. The number of aromatic nitrogens is 2. The number of imidazole rings is 1. The summed E-state index contributed by atoms with van der Waals surface area (Å²) in [5.41, 5.74) is 3.41. The molecule has 1 aliphatic rings. The summed E-state index contributed by atoms with van der Waals surface area (Å²) in [6.07, 6.45) is 0. The predicted molar refractivity (Wildman–Crippen MR) is 98.4 cm³/mol. The fourth-order valence-corrected chi connectivity index (χ4v) is 3.45. The highest BCUT2D eigenvalue weighted by Gasteiger charge is 2.16. The lowest BCUT2D eigenvalue weighted by molar-refractivity contribution is 0.226. The maximum atomic E-state index is 6.16. The number of nitrogens with one attached hydrogen (secondary N) is 1. The Kier molecular flexibility index (Phi) is 4.52. The zero-order chi connectivity index (χ0) is 16.4. The number of piperazine rings is 1. The molecule has 0 atom stereocenters. The maximum absolute atomic E-state index is 6.16. The zero-order valence-corrected chi connectivity index (χ0v) is 14.3. The van der Waals surface area contributed by atoms with Gasteiger partial charge < -0.3 is 9.88 Å². The molecule has 0 amide bonds. The van der Waals surface area contributed by atoms with Gasteiger partial charge in [-0.25, -0.2) is 4.98 Å². The molecule has 24 heavy (non-hydrogen) atoms. The van der Waals surface area contributed by atoms with Crippen LogP contribution in [0.1, 0.15) is 11.4 Å². The molecule has 1 aliphatic heterocycles. The number of halogens is 1. The quantitative estimate of drug-likeness (QED) is 0.792. The van der Waals surface area contributed by atoms with Gasteiger partial charge >= 0.3 is 0 Å². The van der Waals surface area contributed by atoms with Gasteiger partial charge in [0.05, 0.1) is 17.6 Å². The van der Waals surface area contributed by atoms with Gasteiger partial charge in [0.1, 0.15) is 5.82 Å². The lowest BCUT2D eigenvalue weighted by atomic mass is 10.2. The van der Waals surface area contributed by atoms with Crippen molar-refractivity contribution in [2.24, 2.45) is 0 Å². The fourth-order valence-electron chi connectivity index (χ4n) is 3.29. The summed E-state index contributed by atoms with van der Waals surface area (Å²) in [5, 5.41) is 4.14. The van der Waals surface area contributed by atoms with Gasteiger partial charge in [0, 0.05) is 37.7 Å². The number of benzene rings is 2. The Balaban J connectivity index is 1.71. The molecule has 2 aromatic carbocycles. The van der Waals surface area contributed by atoms with Crippen LogP contribution in [0.5, 0.6) is 0 Å². The molecule has 0 unspecified atom stereocenters. The van der Waals surface area contributed by atoms with Crippen molar-refractivity contribution in [2.45, 2.75) is 13.1 Å². The number of hydrogen-bond donors (Lipinski definition) is 1. The van der Waals surface area contributed by atoms with Crippen LogP contribution in [0.4, 0.5) is 0 Å². The van der Waals surface area contributed by atoms with Crippen LogP contribution in [0, 0.1) is 0 Å². The monoisotopic (exact) mass is 340 g/mol. The van der Waals surface area contributed by atoms with Crippen molar-refractivity contribution < 1.29 is 0 Å². The Hall–Kier alpha value is -1.88. The van der Waals surface area contributed by atoms with Crippen LogP contribution in [0.2, 0.25) is 5.02 Å². The highest BCUT2D eigenvalue weighted by Crippen LogP contribution is 2.22. The zero-order valence-electron chi connectivity index (χ0n) is 13.6. The van der Waals surface area contributed by atoms with Crippen LogP contribution < -0.4 is 5.32 Å². The van der Waals surface area contributed by atoms with Crippen molar-refractivity contribution in [3.63, 3.8) is 0 Å². The van der Waals surface area contributed by atoms with E-state index in [1.807, 2.05) is 12.1 Å². The minimum absolute atomic E-state index is 0.737. The second-order valence-electron chi connectivity index (χ2n) is 6.26. The van der Waals surface area contributed by atoms with Gasteiger partial charge in [0.2, 0.25) is 0 Å². The third-order valence-corrected chi connectivity index (χ3v) is 4.78. The van der Waals surface area contributed by atoms with Crippen LogP contribution in [-0.4, -0.2) is 40.6 Å². The van der Waals surface area contributed by atoms with Crippen molar-refractivity contribution in [2.75, 3.05) is 26.2 Å². The summed E-state index contributed by atoms with van der Waals surface area (Å²) in [5.74, 6) is 1.11. The number of rotatable bonds is 4. The second-order valence-corrected chi connectivity index (χ2v) is 6.70. The molecule has 5 heteroatoms. The molecule has 3 aromatic rings. The Morgan fingerprint density at radius 1 is 1.00 bits per heavy atom. The standard InChI is InChI=1S/C19H21ClN4/c20-16-6-7-18-17(12-16)22-19(14-23-10-8-21-9-11-23)24(18)13-15-4-2-1-3-5-15/h1-7,12,21H,8-11,13-14H2.